The zero-order valence-corrected chi connectivity index (χ0v) is 13.8. The van der Waals surface area contributed by atoms with Gasteiger partial charge in [-0.25, -0.2) is 9.97 Å². The Labute approximate surface area is 148 Å². The van der Waals surface area contributed by atoms with Crippen molar-refractivity contribution in [3.8, 4) is 22.4 Å². The van der Waals surface area contributed by atoms with Gasteiger partial charge in [0.1, 0.15) is 5.52 Å². The molecule has 5 aromatic rings. The smallest absolute Gasteiger partial charge is 0.156 e. The third-order valence-electron chi connectivity index (χ3n) is 4.31. The lowest BCUT2D eigenvalue weighted by molar-refractivity contribution is 0.687. The maximum absolute atomic E-state index is 4.76. The minimum atomic E-state index is 0.731. The van der Waals surface area contributed by atoms with Crippen LogP contribution < -0.4 is 0 Å². The monoisotopic (exact) mass is 341 g/mol. The van der Waals surface area contributed by atoms with Crippen LogP contribution in [-0.2, 0) is 6.54 Å². The van der Waals surface area contributed by atoms with E-state index in [1.54, 1.807) is 18.6 Å². The molecule has 126 valence electrons. The first-order valence-corrected chi connectivity index (χ1v) is 8.27. The highest BCUT2D eigenvalue weighted by atomic mass is 15.3. The van der Waals surface area contributed by atoms with Gasteiger partial charge in [-0.15, -0.1) is 0 Å². The third-order valence-corrected chi connectivity index (χ3v) is 4.31. The van der Waals surface area contributed by atoms with Crippen LogP contribution in [0.4, 0.5) is 0 Å². The van der Waals surface area contributed by atoms with Gasteiger partial charge in [0.25, 0.3) is 0 Å². The Kier molecular flexibility index (Phi) is 3.35. The summed E-state index contributed by atoms with van der Waals surface area (Å²) in [6.07, 6.45) is 11.1. The number of nitrogens with one attached hydrogen (secondary N) is 2. The van der Waals surface area contributed by atoms with Crippen LogP contribution in [-0.4, -0.2) is 34.9 Å². The fourth-order valence-corrected chi connectivity index (χ4v) is 3.00. The van der Waals surface area contributed by atoms with Crippen molar-refractivity contribution in [2.45, 2.75) is 6.54 Å². The first-order chi connectivity index (χ1) is 12.9. The van der Waals surface area contributed by atoms with Crippen LogP contribution >= 0.6 is 0 Å². The molecule has 0 bridgehead atoms. The summed E-state index contributed by atoms with van der Waals surface area (Å²) < 4.78 is 1.93. The fourth-order valence-electron chi connectivity index (χ4n) is 3.00. The van der Waals surface area contributed by atoms with Crippen LogP contribution in [0.3, 0.4) is 0 Å². The summed E-state index contributed by atoms with van der Waals surface area (Å²) >= 11 is 0. The molecule has 0 saturated carbocycles. The SMILES string of the molecule is c1ccc(Cn2cc(-c3c[nH]c4ncc(-c5cn[nH]c5)nc34)cn2)cc1. The summed E-state index contributed by atoms with van der Waals surface area (Å²) in [5, 5.41) is 11.3. The second kappa shape index (κ2) is 5.96. The highest BCUT2D eigenvalue weighted by molar-refractivity contribution is 5.91. The molecule has 7 nitrogen and oxygen atoms in total. The molecule has 0 aliphatic rings. The quantitative estimate of drug-likeness (QED) is 0.525. The largest absolute Gasteiger partial charge is 0.344 e. The van der Waals surface area contributed by atoms with Crippen molar-refractivity contribution in [2.24, 2.45) is 0 Å². The predicted octanol–water partition coefficient (Wildman–Crippen LogP) is 3.26. The van der Waals surface area contributed by atoms with Crippen LogP contribution in [0.2, 0.25) is 0 Å². The maximum atomic E-state index is 4.76. The number of aromatic amines is 2. The standard InChI is InChI=1S/C19H15N7/c1-2-4-13(5-3-1)11-26-12-15(8-24-26)16-9-20-19-18(16)25-17(10-21-19)14-6-22-23-7-14/h1-10,12H,11H2,(H,20,21)(H,22,23). The van der Waals surface area contributed by atoms with Gasteiger partial charge in [-0.1, -0.05) is 30.3 Å². The first-order valence-electron chi connectivity index (χ1n) is 8.27. The molecule has 5 rings (SSSR count). The van der Waals surface area contributed by atoms with Gasteiger partial charge in [0.05, 0.1) is 30.8 Å². The van der Waals surface area contributed by atoms with Crippen molar-refractivity contribution < 1.29 is 0 Å². The molecule has 2 N–H and O–H groups in total. The summed E-state index contributed by atoms with van der Waals surface area (Å²) in [5.41, 5.74) is 6.47. The number of H-pyrrole nitrogens is 2. The second-order valence-electron chi connectivity index (χ2n) is 6.05. The molecule has 0 spiro atoms. The number of fused-ring (bicyclic) bond motifs is 1. The van der Waals surface area contributed by atoms with Crippen molar-refractivity contribution in [3.63, 3.8) is 0 Å². The van der Waals surface area contributed by atoms with Crippen molar-refractivity contribution in [3.05, 3.63) is 73.1 Å². The Bertz CT molecular complexity index is 1150. The van der Waals surface area contributed by atoms with Gasteiger partial charge in [-0.05, 0) is 5.56 Å². The highest BCUT2D eigenvalue weighted by Crippen LogP contribution is 2.28. The topological polar surface area (TPSA) is 88.1 Å². The van der Waals surface area contributed by atoms with Gasteiger partial charge in [-0.2, -0.15) is 10.2 Å². The van der Waals surface area contributed by atoms with E-state index in [0.29, 0.717) is 0 Å². The average molecular weight is 341 g/mol. The molecule has 4 heterocycles. The van der Waals surface area contributed by atoms with Gasteiger partial charge in [0, 0.05) is 35.3 Å². The maximum Gasteiger partial charge on any atom is 0.156 e. The lowest BCUT2D eigenvalue weighted by Crippen LogP contribution is -1.99. The Hall–Kier alpha value is -3.74. The van der Waals surface area contributed by atoms with Crippen LogP contribution in [0.25, 0.3) is 33.5 Å². The number of aromatic nitrogens is 7. The third kappa shape index (κ3) is 2.55. The van der Waals surface area contributed by atoms with Crippen molar-refractivity contribution in [2.75, 3.05) is 0 Å². The van der Waals surface area contributed by atoms with E-state index in [2.05, 4.69) is 37.4 Å². The Balaban J connectivity index is 1.52. The van der Waals surface area contributed by atoms with Gasteiger partial charge in [-0.3, -0.25) is 9.78 Å². The molecule has 0 aliphatic heterocycles. The summed E-state index contributed by atoms with van der Waals surface area (Å²) in [5.74, 6) is 0. The average Bonchev–Trinajstić information content (AvgIpc) is 3.42. The number of hydrogen-bond donors (Lipinski definition) is 2. The van der Waals surface area contributed by atoms with Crippen LogP contribution in [0.1, 0.15) is 5.56 Å². The highest BCUT2D eigenvalue weighted by Gasteiger charge is 2.12. The van der Waals surface area contributed by atoms with E-state index in [0.717, 1.165) is 40.1 Å². The predicted molar refractivity (Wildman–Crippen MR) is 98.2 cm³/mol. The molecule has 0 aliphatic carbocycles. The zero-order valence-electron chi connectivity index (χ0n) is 13.8. The molecule has 0 amide bonds. The molecule has 1 aromatic carbocycles. The van der Waals surface area contributed by atoms with E-state index < -0.39 is 0 Å². The molecule has 4 aromatic heterocycles. The Morgan fingerprint density at radius 3 is 2.73 bits per heavy atom. The molecular formula is C19H15N7. The Morgan fingerprint density at radius 2 is 1.88 bits per heavy atom. The summed E-state index contributed by atoms with van der Waals surface area (Å²) in [6, 6.07) is 10.3. The molecule has 26 heavy (non-hydrogen) atoms. The van der Waals surface area contributed by atoms with Crippen molar-refractivity contribution in [1.29, 1.82) is 0 Å². The normalized spacial score (nSPS) is 11.2. The zero-order chi connectivity index (χ0) is 17.3. The summed E-state index contributed by atoms with van der Waals surface area (Å²) in [7, 11) is 0. The second-order valence-corrected chi connectivity index (χ2v) is 6.05. The molecule has 0 radical (unpaired) electrons. The lowest BCUT2D eigenvalue weighted by Gasteiger charge is -2.01. The minimum absolute atomic E-state index is 0.731. The van der Waals surface area contributed by atoms with Crippen molar-refractivity contribution >= 4 is 11.2 Å². The van der Waals surface area contributed by atoms with E-state index in [9.17, 15) is 0 Å². The number of hydrogen-bond acceptors (Lipinski definition) is 4. The van der Waals surface area contributed by atoms with Crippen LogP contribution in [0.5, 0.6) is 0 Å². The first kappa shape index (κ1) is 14.6. The number of benzene rings is 1. The van der Waals surface area contributed by atoms with Gasteiger partial charge in [0.2, 0.25) is 0 Å². The van der Waals surface area contributed by atoms with E-state index in [1.807, 2.05) is 41.5 Å². The van der Waals surface area contributed by atoms with E-state index in [4.69, 9.17) is 4.98 Å². The molecule has 0 unspecified atom stereocenters. The van der Waals surface area contributed by atoms with Crippen LogP contribution in [0.15, 0.2) is 67.5 Å². The number of rotatable bonds is 4. The lowest BCUT2D eigenvalue weighted by atomic mass is 10.1. The molecule has 0 saturated heterocycles. The van der Waals surface area contributed by atoms with Gasteiger partial charge >= 0.3 is 0 Å². The van der Waals surface area contributed by atoms with E-state index in [-0.39, 0.29) is 0 Å². The molecular weight excluding hydrogens is 326 g/mol. The van der Waals surface area contributed by atoms with Crippen molar-refractivity contribution in [1.82, 2.24) is 34.9 Å². The Morgan fingerprint density at radius 1 is 0.962 bits per heavy atom. The van der Waals surface area contributed by atoms with Gasteiger partial charge in [0.15, 0.2) is 5.65 Å². The fraction of sp³-hybridized carbons (Fsp3) is 0.0526. The number of nitrogens with zero attached hydrogens (tertiary/aromatic N) is 5. The molecule has 7 heteroatoms. The molecule has 0 atom stereocenters. The molecule has 0 fully saturated rings. The minimum Gasteiger partial charge on any atom is -0.344 e. The summed E-state index contributed by atoms with van der Waals surface area (Å²) in [6.45, 7) is 0.731. The van der Waals surface area contributed by atoms with E-state index in [1.165, 1.54) is 5.56 Å². The van der Waals surface area contributed by atoms with Crippen LogP contribution in [0, 0.1) is 0 Å². The summed E-state index contributed by atoms with van der Waals surface area (Å²) in [4.78, 5) is 12.4. The van der Waals surface area contributed by atoms with Gasteiger partial charge < -0.3 is 4.98 Å². The van der Waals surface area contributed by atoms with E-state index >= 15 is 0 Å².